The van der Waals surface area contributed by atoms with Crippen LogP contribution in [0.2, 0.25) is 5.02 Å². The summed E-state index contributed by atoms with van der Waals surface area (Å²) in [5.74, 6) is 0.202. The highest BCUT2D eigenvalue weighted by Crippen LogP contribution is 2.22. The largest absolute Gasteiger partial charge is 0.462 e. The van der Waals surface area contributed by atoms with E-state index in [1.807, 2.05) is 0 Å². The molecule has 29 heavy (non-hydrogen) atoms. The Bertz CT molecular complexity index is 1260. The zero-order valence-electron chi connectivity index (χ0n) is 15.5. The highest BCUT2D eigenvalue weighted by atomic mass is 35.5. The third kappa shape index (κ3) is 3.52. The Labute approximate surface area is 168 Å². The van der Waals surface area contributed by atoms with Crippen molar-refractivity contribution in [3.05, 3.63) is 63.2 Å². The lowest BCUT2D eigenvalue weighted by Gasteiger charge is -2.02. The Morgan fingerprint density at radius 2 is 2.03 bits per heavy atom. The molecular weight excluding hydrogens is 400 g/mol. The smallest absolute Gasteiger partial charge is 0.342 e. The lowest BCUT2D eigenvalue weighted by Crippen LogP contribution is -2.22. The van der Waals surface area contributed by atoms with Gasteiger partial charge in [-0.15, -0.1) is 0 Å². The van der Waals surface area contributed by atoms with E-state index in [4.69, 9.17) is 25.3 Å². The van der Waals surface area contributed by atoms with Crippen LogP contribution in [0, 0.1) is 6.92 Å². The molecule has 10 heteroatoms. The SMILES string of the molecule is CCOC(=O)c1c(C)oc2ncn(Cc3nc(-c4ccc(Cl)cc4)no3)c(=O)c12. The maximum Gasteiger partial charge on any atom is 0.342 e. The summed E-state index contributed by atoms with van der Waals surface area (Å²) >= 11 is 5.88. The van der Waals surface area contributed by atoms with Crippen molar-refractivity contribution in [2.45, 2.75) is 20.4 Å². The molecule has 0 fully saturated rings. The molecule has 0 bridgehead atoms. The molecule has 0 N–H and O–H groups in total. The standard InChI is InChI=1S/C19H15ClN4O5/c1-3-27-19(26)14-10(2)28-17-15(14)18(25)24(9-21-17)8-13-22-16(23-29-13)11-4-6-12(20)7-5-11/h4-7,9H,3,8H2,1-2H3. The lowest BCUT2D eigenvalue weighted by atomic mass is 10.2. The molecule has 0 saturated carbocycles. The highest BCUT2D eigenvalue weighted by molar-refractivity contribution is 6.30. The predicted molar refractivity (Wildman–Crippen MR) is 103 cm³/mol. The van der Waals surface area contributed by atoms with Gasteiger partial charge >= 0.3 is 5.97 Å². The molecule has 9 nitrogen and oxygen atoms in total. The van der Waals surface area contributed by atoms with Gasteiger partial charge in [0.05, 0.1) is 6.61 Å². The fourth-order valence-electron chi connectivity index (χ4n) is 2.88. The molecule has 4 aromatic rings. The molecule has 4 rings (SSSR count). The number of aryl methyl sites for hydroxylation is 1. The Morgan fingerprint density at radius 1 is 1.28 bits per heavy atom. The van der Waals surface area contributed by atoms with Crippen LogP contribution >= 0.6 is 11.6 Å². The van der Waals surface area contributed by atoms with Crippen LogP contribution in [0.3, 0.4) is 0 Å². The van der Waals surface area contributed by atoms with Gasteiger partial charge in [-0.3, -0.25) is 9.36 Å². The van der Waals surface area contributed by atoms with E-state index >= 15 is 0 Å². The number of ether oxygens (including phenoxy) is 1. The first-order valence-electron chi connectivity index (χ1n) is 8.72. The van der Waals surface area contributed by atoms with Gasteiger partial charge in [-0.1, -0.05) is 16.8 Å². The van der Waals surface area contributed by atoms with Crippen molar-refractivity contribution in [3.63, 3.8) is 0 Å². The minimum absolute atomic E-state index is 0.0190. The molecule has 0 radical (unpaired) electrons. The van der Waals surface area contributed by atoms with Gasteiger partial charge in [0.15, 0.2) is 0 Å². The van der Waals surface area contributed by atoms with Crippen LogP contribution < -0.4 is 5.56 Å². The van der Waals surface area contributed by atoms with Crippen molar-refractivity contribution < 1.29 is 18.5 Å². The molecule has 0 spiro atoms. The second-order valence-electron chi connectivity index (χ2n) is 6.13. The molecule has 148 valence electrons. The minimum Gasteiger partial charge on any atom is -0.462 e. The van der Waals surface area contributed by atoms with E-state index in [0.717, 1.165) is 5.56 Å². The number of benzene rings is 1. The number of hydrogen-bond acceptors (Lipinski definition) is 8. The normalized spacial score (nSPS) is 11.1. The molecule has 0 aliphatic rings. The zero-order chi connectivity index (χ0) is 20.5. The molecule has 3 heterocycles. The maximum atomic E-state index is 12.9. The van der Waals surface area contributed by atoms with Gasteiger partial charge in [-0.2, -0.15) is 4.98 Å². The summed E-state index contributed by atoms with van der Waals surface area (Å²) in [6, 6.07) is 6.95. The first-order chi connectivity index (χ1) is 14.0. The van der Waals surface area contributed by atoms with Crippen molar-refractivity contribution in [3.8, 4) is 11.4 Å². The van der Waals surface area contributed by atoms with E-state index in [0.29, 0.717) is 10.8 Å². The van der Waals surface area contributed by atoms with Crippen LogP contribution in [0.5, 0.6) is 0 Å². The molecule has 3 aromatic heterocycles. The van der Waals surface area contributed by atoms with E-state index < -0.39 is 11.5 Å². The lowest BCUT2D eigenvalue weighted by molar-refractivity contribution is 0.0526. The Hall–Kier alpha value is -3.46. The van der Waals surface area contributed by atoms with E-state index in [2.05, 4.69) is 15.1 Å². The van der Waals surface area contributed by atoms with Crippen molar-refractivity contribution in [2.24, 2.45) is 0 Å². The molecule has 0 amide bonds. The Balaban J connectivity index is 1.69. The van der Waals surface area contributed by atoms with E-state index in [1.165, 1.54) is 10.9 Å². The minimum atomic E-state index is -0.636. The fourth-order valence-corrected chi connectivity index (χ4v) is 3.01. The Kier molecular flexibility index (Phi) is 4.89. The van der Waals surface area contributed by atoms with Gasteiger partial charge in [0.1, 0.15) is 29.6 Å². The van der Waals surface area contributed by atoms with E-state index in [1.54, 1.807) is 38.1 Å². The molecule has 0 atom stereocenters. The van der Waals surface area contributed by atoms with Crippen molar-refractivity contribution in [1.29, 1.82) is 0 Å². The second-order valence-corrected chi connectivity index (χ2v) is 6.57. The van der Waals surface area contributed by atoms with Gasteiger partial charge in [-0.25, -0.2) is 9.78 Å². The average molecular weight is 415 g/mol. The van der Waals surface area contributed by atoms with Crippen molar-refractivity contribution >= 4 is 28.7 Å². The molecule has 1 aromatic carbocycles. The number of esters is 1. The average Bonchev–Trinajstić information content (AvgIpc) is 3.29. The molecule has 0 aliphatic heterocycles. The van der Waals surface area contributed by atoms with Crippen LogP contribution in [0.1, 0.15) is 28.9 Å². The van der Waals surface area contributed by atoms with Crippen molar-refractivity contribution in [1.82, 2.24) is 19.7 Å². The number of fused-ring (bicyclic) bond motifs is 1. The molecule has 0 aliphatic carbocycles. The van der Waals surface area contributed by atoms with Gasteiger partial charge in [0.25, 0.3) is 5.56 Å². The summed E-state index contributed by atoms with van der Waals surface area (Å²) in [5.41, 5.74) is 0.391. The Morgan fingerprint density at radius 3 is 2.76 bits per heavy atom. The monoisotopic (exact) mass is 414 g/mol. The third-order valence-corrected chi connectivity index (χ3v) is 4.46. The number of nitrogens with zero attached hydrogens (tertiary/aromatic N) is 4. The van der Waals surface area contributed by atoms with E-state index in [9.17, 15) is 9.59 Å². The van der Waals surface area contributed by atoms with Crippen LogP contribution in [-0.2, 0) is 11.3 Å². The highest BCUT2D eigenvalue weighted by Gasteiger charge is 2.24. The van der Waals surface area contributed by atoms with Gasteiger partial charge in [0, 0.05) is 10.6 Å². The number of rotatable bonds is 5. The number of halogens is 1. The van der Waals surface area contributed by atoms with Crippen LogP contribution in [-0.4, -0.2) is 32.3 Å². The molecule has 0 unspecified atom stereocenters. The number of carbonyl (C=O) groups excluding carboxylic acids is 1. The second kappa shape index (κ2) is 7.51. The molecular formula is C19H15ClN4O5. The maximum absolute atomic E-state index is 12.9. The fraction of sp³-hybridized carbons (Fsp3) is 0.211. The summed E-state index contributed by atoms with van der Waals surface area (Å²) in [6.07, 6.45) is 1.30. The number of carbonyl (C=O) groups is 1. The summed E-state index contributed by atoms with van der Waals surface area (Å²) in [5, 5.41) is 4.57. The number of aromatic nitrogens is 4. The summed E-state index contributed by atoms with van der Waals surface area (Å²) < 4.78 is 17.0. The van der Waals surface area contributed by atoms with E-state index in [-0.39, 0.29) is 41.5 Å². The third-order valence-electron chi connectivity index (χ3n) is 4.21. The summed E-state index contributed by atoms with van der Waals surface area (Å²) in [4.78, 5) is 33.6. The first-order valence-corrected chi connectivity index (χ1v) is 9.10. The summed E-state index contributed by atoms with van der Waals surface area (Å²) in [6.45, 7) is 3.41. The van der Waals surface area contributed by atoms with Gasteiger partial charge in [-0.05, 0) is 38.1 Å². The van der Waals surface area contributed by atoms with Gasteiger partial charge < -0.3 is 13.7 Å². The quantitative estimate of drug-likeness (QED) is 0.457. The first kappa shape index (κ1) is 18.9. The van der Waals surface area contributed by atoms with Crippen molar-refractivity contribution in [2.75, 3.05) is 6.61 Å². The van der Waals surface area contributed by atoms with Crippen LogP contribution in [0.4, 0.5) is 0 Å². The zero-order valence-corrected chi connectivity index (χ0v) is 16.3. The topological polar surface area (TPSA) is 113 Å². The number of hydrogen-bond donors (Lipinski definition) is 0. The predicted octanol–water partition coefficient (Wildman–Crippen LogP) is 3.23. The number of furan rings is 1. The molecule has 0 saturated heterocycles. The van der Waals surface area contributed by atoms with Gasteiger partial charge in [0.2, 0.25) is 17.4 Å². The summed E-state index contributed by atoms with van der Waals surface area (Å²) in [7, 11) is 0. The van der Waals surface area contributed by atoms with Crippen LogP contribution in [0.25, 0.3) is 22.5 Å². The van der Waals surface area contributed by atoms with Crippen LogP contribution in [0.15, 0.2) is 44.3 Å².